The van der Waals surface area contributed by atoms with Crippen molar-refractivity contribution in [2.24, 2.45) is 5.73 Å². The molecule has 4 N–H and O–H groups in total. The van der Waals surface area contributed by atoms with Gasteiger partial charge < -0.3 is 20.9 Å². The van der Waals surface area contributed by atoms with E-state index >= 15 is 0 Å². The minimum atomic E-state index is -1.04. The number of anilines is 1. The normalized spacial score (nSPS) is 18.6. The van der Waals surface area contributed by atoms with Crippen LogP contribution in [0.3, 0.4) is 0 Å². The maximum atomic E-state index is 11.3. The molecule has 1 aliphatic rings. The summed E-state index contributed by atoms with van der Waals surface area (Å²) in [5.41, 5.74) is 6.10. The highest BCUT2D eigenvalue weighted by molar-refractivity contribution is 6.00. The minimum absolute atomic E-state index is 0.0761. The fourth-order valence-electron chi connectivity index (χ4n) is 1.88. The van der Waals surface area contributed by atoms with Crippen LogP contribution in [0.1, 0.15) is 27.1 Å². The SMILES string of the molecule is NC(=O)c1ccc(C(=O)O)cc1NC1CCOC1. The lowest BCUT2D eigenvalue weighted by atomic mass is 10.1. The largest absolute Gasteiger partial charge is 0.478 e. The van der Waals surface area contributed by atoms with Gasteiger partial charge in [-0.15, -0.1) is 0 Å². The van der Waals surface area contributed by atoms with Crippen LogP contribution in [0, 0.1) is 0 Å². The van der Waals surface area contributed by atoms with Crippen molar-refractivity contribution < 1.29 is 19.4 Å². The summed E-state index contributed by atoms with van der Waals surface area (Å²) in [5.74, 6) is -1.63. The summed E-state index contributed by atoms with van der Waals surface area (Å²) in [7, 11) is 0. The van der Waals surface area contributed by atoms with Crippen molar-refractivity contribution in [1.82, 2.24) is 0 Å². The smallest absolute Gasteiger partial charge is 0.335 e. The molecule has 1 atom stereocenters. The molecule has 1 amide bonds. The van der Waals surface area contributed by atoms with E-state index in [0.717, 1.165) is 6.42 Å². The predicted molar refractivity (Wildman–Crippen MR) is 64.8 cm³/mol. The monoisotopic (exact) mass is 250 g/mol. The number of carboxylic acids is 1. The predicted octanol–water partition coefficient (Wildman–Crippen LogP) is 0.684. The third-order valence-electron chi connectivity index (χ3n) is 2.82. The third kappa shape index (κ3) is 2.60. The van der Waals surface area contributed by atoms with Crippen molar-refractivity contribution in [2.75, 3.05) is 18.5 Å². The summed E-state index contributed by atoms with van der Waals surface area (Å²) >= 11 is 0. The van der Waals surface area contributed by atoms with Crippen LogP contribution in [-0.2, 0) is 4.74 Å². The number of hydrogen-bond acceptors (Lipinski definition) is 4. The second-order valence-corrected chi connectivity index (χ2v) is 4.13. The molecule has 0 aromatic heterocycles. The zero-order valence-electron chi connectivity index (χ0n) is 9.68. The van der Waals surface area contributed by atoms with Crippen molar-refractivity contribution in [3.8, 4) is 0 Å². The number of primary amides is 1. The zero-order valence-corrected chi connectivity index (χ0v) is 9.68. The molecule has 1 unspecified atom stereocenters. The topological polar surface area (TPSA) is 102 Å². The molecule has 2 rings (SSSR count). The Morgan fingerprint density at radius 1 is 1.44 bits per heavy atom. The van der Waals surface area contributed by atoms with Crippen LogP contribution in [0.2, 0.25) is 0 Å². The number of carbonyl (C=O) groups excluding carboxylic acids is 1. The molecule has 1 aromatic rings. The van der Waals surface area contributed by atoms with E-state index in [4.69, 9.17) is 15.6 Å². The van der Waals surface area contributed by atoms with Gasteiger partial charge in [0.25, 0.3) is 5.91 Å². The average molecular weight is 250 g/mol. The molecule has 1 fully saturated rings. The van der Waals surface area contributed by atoms with Crippen LogP contribution in [0.15, 0.2) is 18.2 Å². The molecule has 6 nitrogen and oxygen atoms in total. The molecule has 0 radical (unpaired) electrons. The van der Waals surface area contributed by atoms with E-state index < -0.39 is 11.9 Å². The van der Waals surface area contributed by atoms with Gasteiger partial charge in [-0.05, 0) is 24.6 Å². The summed E-state index contributed by atoms with van der Waals surface area (Å²) in [6.45, 7) is 1.19. The van der Waals surface area contributed by atoms with Crippen molar-refractivity contribution in [2.45, 2.75) is 12.5 Å². The second kappa shape index (κ2) is 5.05. The number of hydrogen-bond donors (Lipinski definition) is 3. The maximum Gasteiger partial charge on any atom is 0.335 e. The van der Waals surface area contributed by atoms with Crippen LogP contribution in [-0.4, -0.2) is 36.2 Å². The van der Waals surface area contributed by atoms with Crippen LogP contribution < -0.4 is 11.1 Å². The van der Waals surface area contributed by atoms with E-state index in [-0.39, 0.29) is 17.2 Å². The highest BCUT2D eigenvalue weighted by Gasteiger charge is 2.19. The Hall–Kier alpha value is -2.08. The van der Waals surface area contributed by atoms with Gasteiger partial charge in [0, 0.05) is 12.3 Å². The minimum Gasteiger partial charge on any atom is -0.478 e. The lowest BCUT2D eigenvalue weighted by Crippen LogP contribution is -2.22. The van der Waals surface area contributed by atoms with Gasteiger partial charge in [0.1, 0.15) is 0 Å². The van der Waals surface area contributed by atoms with Gasteiger partial charge in [0.15, 0.2) is 0 Å². The first-order valence-corrected chi connectivity index (χ1v) is 5.59. The van der Waals surface area contributed by atoms with Crippen molar-refractivity contribution in [3.63, 3.8) is 0 Å². The Morgan fingerprint density at radius 3 is 2.78 bits per heavy atom. The molecule has 96 valence electrons. The number of ether oxygens (including phenoxy) is 1. The molecule has 0 aliphatic carbocycles. The molecular formula is C12H14N2O4. The number of carbonyl (C=O) groups is 2. The Labute approximate surface area is 104 Å². The number of nitrogens with two attached hydrogens (primary N) is 1. The van der Waals surface area contributed by atoms with E-state index in [1.165, 1.54) is 18.2 Å². The van der Waals surface area contributed by atoms with Gasteiger partial charge in [-0.1, -0.05) is 0 Å². The molecule has 0 spiro atoms. The van der Waals surface area contributed by atoms with Crippen LogP contribution in [0.5, 0.6) is 0 Å². The first-order chi connectivity index (χ1) is 8.58. The summed E-state index contributed by atoms with van der Waals surface area (Å²) in [4.78, 5) is 22.2. The van der Waals surface area contributed by atoms with E-state index in [9.17, 15) is 9.59 Å². The number of carboxylic acid groups (broad SMARTS) is 1. The van der Waals surface area contributed by atoms with E-state index in [1.807, 2.05) is 0 Å². The summed E-state index contributed by atoms with van der Waals surface area (Å²) in [6.07, 6.45) is 0.815. The quantitative estimate of drug-likeness (QED) is 0.729. The standard InChI is InChI=1S/C12H14N2O4/c13-11(15)9-2-1-7(12(16)17)5-10(9)14-8-3-4-18-6-8/h1-2,5,8,14H,3-4,6H2,(H2,13,15)(H,16,17). The lowest BCUT2D eigenvalue weighted by Gasteiger charge is -2.15. The molecule has 0 saturated carbocycles. The molecule has 1 saturated heterocycles. The van der Waals surface area contributed by atoms with E-state index in [1.54, 1.807) is 0 Å². The van der Waals surface area contributed by atoms with Gasteiger partial charge in [-0.2, -0.15) is 0 Å². The average Bonchev–Trinajstić information content (AvgIpc) is 2.81. The van der Waals surface area contributed by atoms with Gasteiger partial charge in [-0.3, -0.25) is 4.79 Å². The van der Waals surface area contributed by atoms with Crippen molar-refractivity contribution in [1.29, 1.82) is 0 Å². The number of aromatic carboxylic acids is 1. The van der Waals surface area contributed by atoms with Gasteiger partial charge in [-0.25, -0.2) is 4.79 Å². The zero-order chi connectivity index (χ0) is 13.1. The molecule has 18 heavy (non-hydrogen) atoms. The number of amides is 1. The van der Waals surface area contributed by atoms with Gasteiger partial charge in [0.05, 0.1) is 23.8 Å². The molecule has 1 aromatic carbocycles. The number of benzene rings is 1. The molecule has 6 heteroatoms. The molecular weight excluding hydrogens is 236 g/mol. The number of nitrogens with one attached hydrogen (secondary N) is 1. The molecule has 1 heterocycles. The maximum absolute atomic E-state index is 11.3. The highest BCUT2D eigenvalue weighted by Crippen LogP contribution is 2.20. The fraction of sp³-hybridized carbons (Fsp3) is 0.333. The van der Waals surface area contributed by atoms with Gasteiger partial charge in [0.2, 0.25) is 0 Å². The third-order valence-corrected chi connectivity index (χ3v) is 2.82. The van der Waals surface area contributed by atoms with Crippen molar-refractivity contribution >= 4 is 17.6 Å². The van der Waals surface area contributed by atoms with Crippen molar-refractivity contribution in [3.05, 3.63) is 29.3 Å². The van der Waals surface area contributed by atoms with Crippen LogP contribution >= 0.6 is 0 Å². The Balaban J connectivity index is 2.30. The lowest BCUT2D eigenvalue weighted by molar-refractivity contribution is 0.0696. The fourth-order valence-corrected chi connectivity index (χ4v) is 1.88. The first kappa shape index (κ1) is 12.4. The Kier molecular flexibility index (Phi) is 3.47. The van der Waals surface area contributed by atoms with Crippen LogP contribution in [0.25, 0.3) is 0 Å². The van der Waals surface area contributed by atoms with E-state index in [0.29, 0.717) is 18.9 Å². The Bertz CT molecular complexity index is 481. The molecule has 1 aliphatic heterocycles. The van der Waals surface area contributed by atoms with Crippen LogP contribution in [0.4, 0.5) is 5.69 Å². The first-order valence-electron chi connectivity index (χ1n) is 5.59. The van der Waals surface area contributed by atoms with E-state index in [2.05, 4.69) is 5.32 Å². The second-order valence-electron chi connectivity index (χ2n) is 4.13. The summed E-state index contributed by atoms with van der Waals surface area (Å²) in [5, 5.41) is 12.0. The Morgan fingerprint density at radius 2 is 2.22 bits per heavy atom. The molecule has 0 bridgehead atoms. The number of rotatable bonds is 4. The highest BCUT2D eigenvalue weighted by atomic mass is 16.5. The van der Waals surface area contributed by atoms with Gasteiger partial charge >= 0.3 is 5.97 Å². The summed E-state index contributed by atoms with van der Waals surface area (Å²) < 4.78 is 5.21. The summed E-state index contributed by atoms with van der Waals surface area (Å²) in [6, 6.07) is 4.27.